The second-order valence-electron chi connectivity index (χ2n) is 5.61. The van der Waals surface area contributed by atoms with Gasteiger partial charge in [0.05, 0.1) is 18.1 Å². The van der Waals surface area contributed by atoms with Gasteiger partial charge in [-0.05, 0) is 31.4 Å². The summed E-state index contributed by atoms with van der Waals surface area (Å²) in [5.74, 6) is 0.830. The van der Waals surface area contributed by atoms with Crippen LogP contribution in [0.4, 0.5) is 0 Å². The van der Waals surface area contributed by atoms with Gasteiger partial charge in [-0.1, -0.05) is 31.0 Å². The summed E-state index contributed by atoms with van der Waals surface area (Å²) in [5, 5.41) is 9.35. The van der Waals surface area contributed by atoms with Crippen LogP contribution >= 0.6 is 0 Å². The molecule has 1 aliphatic rings. The van der Waals surface area contributed by atoms with E-state index in [1.807, 2.05) is 24.3 Å². The van der Waals surface area contributed by atoms with Gasteiger partial charge in [-0.2, -0.15) is 5.10 Å². The Morgan fingerprint density at radius 3 is 2.90 bits per heavy atom. The van der Waals surface area contributed by atoms with Gasteiger partial charge in [-0.3, -0.25) is 4.79 Å². The molecule has 0 unspecified atom stereocenters. The van der Waals surface area contributed by atoms with Crippen molar-refractivity contribution in [2.45, 2.75) is 32.2 Å². The summed E-state index contributed by atoms with van der Waals surface area (Å²) in [4.78, 5) is 12.3. The van der Waals surface area contributed by atoms with Crippen LogP contribution in [0.3, 0.4) is 0 Å². The van der Waals surface area contributed by atoms with Gasteiger partial charge in [0.25, 0.3) is 5.56 Å². The van der Waals surface area contributed by atoms with Crippen molar-refractivity contribution in [3.8, 4) is 0 Å². The number of nitrogens with one attached hydrogen (secondary N) is 1. The van der Waals surface area contributed by atoms with E-state index in [0.29, 0.717) is 6.54 Å². The van der Waals surface area contributed by atoms with E-state index in [4.69, 9.17) is 0 Å². The molecule has 1 saturated carbocycles. The lowest BCUT2D eigenvalue weighted by atomic mass is 10.1. The van der Waals surface area contributed by atoms with Crippen LogP contribution in [0.2, 0.25) is 0 Å². The fourth-order valence-electron chi connectivity index (χ4n) is 2.99. The van der Waals surface area contributed by atoms with E-state index in [1.165, 1.54) is 25.7 Å². The van der Waals surface area contributed by atoms with E-state index in [0.717, 1.165) is 29.8 Å². The van der Waals surface area contributed by atoms with Gasteiger partial charge in [0.15, 0.2) is 0 Å². The largest absolute Gasteiger partial charge is 0.315 e. The molecule has 0 bridgehead atoms. The van der Waals surface area contributed by atoms with Crippen molar-refractivity contribution in [2.75, 3.05) is 13.1 Å². The molecular formula is C16H21N3O. The van der Waals surface area contributed by atoms with Crippen LogP contribution < -0.4 is 10.9 Å². The maximum absolute atomic E-state index is 12.3. The summed E-state index contributed by atoms with van der Waals surface area (Å²) in [6, 6.07) is 7.61. The third kappa shape index (κ3) is 2.90. The quantitative estimate of drug-likeness (QED) is 0.848. The molecule has 1 aromatic carbocycles. The first-order valence-electron chi connectivity index (χ1n) is 7.50. The van der Waals surface area contributed by atoms with Gasteiger partial charge in [0.1, 0.15) is 0 Å². The van der Waals surface area contributed by atoms with Gasteiger partial charge in [0.2, 0.25) is 0 Å². The number of aromatic nitrogens is 2. The fraction of sp³-hybridized carbons (Fsp3) is 0.500. The zero-order chi connectivity index (χ0) is 13.8. The SMILES string of the molecule is O=c1c2ccccc2cnn1CCNCC1CCCC1. The Morgan fingerprint density at radius 2 is 2.05 bits per heavy atom. The fourth-order valence-corrected chi connectivity index (χ4v) is 2.99. The monoisotopic (exact) mass is 271 g/mol. The second kappa shape index (κ2) is 6.18. The Hall–Kier alpha value is -1.68. The smallest absolute Gasteiger partial charge is 0.274 e. The van der Waals surface area contributed by atoms with E-state index in [-0.39, 0.29) is 5.56 Å². The van der Waals surface area contributed by atoms with Crippen molar-refractivity contribution in [2.24, 2.45) is 5.92 Å². The number of fused-ring (bicyclic) bond motifs is 1. The molecular weight excluding hydrogens is 250 g/mol. The van der Waals surface area contributed by atoms with E-state index in [2.05, 4.69) is 10.4 Å². The minimum atomic E-state index is 0.00534. The Bertz CT molecular complexity index is 629. The standard InChI is InChI=1S/C16H21N3O/c20-16-15-8-4-3-7-14(15)12-18-19(16)10-9-17-11-13-5-1-2-6-13/h3-4,7-8,12-13,17H,1-2,5-6,9-11H2. The lowest BCUT2D eigenvalue weighted by molar-refractivity contribution is 0.462. The molecule has 106 valence electrons. The number of benzene rings is 1. The highest BCUT2D eigenvalue weighted by atomic mass is 16.1. The van der Waals surface area contributed by atoms with Gasteiger partial charge in [-0.25, -0.2) is 4.68 Å². The third-order valence-electron chi connectivity index (χ3n) is 4.17. The van der Waals surface area contributed by atoms with Crippen LogP contribution in [0.25, 0.3) is 10.8 Å². The van der Waals surface area contributed by atoms with Crippen LogP contribution in [-0.4, -0.2) is 22.9 Å². The van der Waals surface area contributed by atoms with Crippen LogP contribution in [0.15, 0.2) is 35.3 Å². The summed E-state index contributed by atoms with van der Waals surface area (Å²) < 4.78 is 1.56. The Morgan fingerprint density at radius 1 is 1.25 bits per heavy atom. The molecule has 1 heterocycles. The van der Waals surface area contributed by atoms with Crippen LogP contribution in [0, 0.1) is 5.92 Å². The van der Waals surface area contributed by atoms with Crippen LogP contribution in [0.1, 0.15) is 25.7 Å². The summed E-state index contributed by atoms with van der Waals surface area (Å²) in [6.45, 7) is 2.51. The maximum Gasteiger partial charge on any atom is 0.274 e. The first-order valence-corrected chi connectivity index (χ1v) is 7.50. The molecule has 1 fully saturated rings. The normalized spacial score (nSPS) is 16.0. The minimum absolute atomic E-state index is 0.00534. The summed E-state index contributed by atoms with van der Waals surface area (Å²) >= 11 is 0. The van der Waals surface area contributed by atoms with E-state index in [1.54, 1.807) is 10.9 Å². The van der Waals surface area contributed by atoms with Crippen molar-refractivity contribution in [1.82, 2.24) is 15.1 Å². The molecule has 1 aliphatic carbocycles. The molecule has 0 saturated heterocycles. The predicted molar refractivity (Wildman–Crippen MR) is 80.8 cm³/mol. The molecule has 2 aromatic rings. The van der Waals surface area contributed by atoms with E-state index in [9.17, 15) is 4.79 Å². The van der Waals surface area contributed by atoms with Gasteiger partial charge in [-0.15, -0.1) is 0 Å². The van der Waals surface area contributed by atoms with Crippen molar-refractivity contribution >= 4 is 10.8 Å². The molecule has 0 spiro atoms. The van der Waals surface area contributed by atoms with E-state index >= 15 is 0 Å². The maximum atomic E-state index is 12.3. The molecule has 3 rings (SSSR count). The Kier molecular flexibility index (Phi) is 4.11. The molecule has 0 radical (unpaired) electrons. The van der Waals surface area contributed by atoms with Gasteiger partial charge < -0.3 is 5.32 Å². The summed E-state index contributed by atoms with van der Waals surface area (Å²) in [6.07, 6.45) is 7.21. The van der Waals surface area contributed by atoms with Crippen molar-refractivity contribution < 1.29 is 0 Å². The third-order valence-corrected chi connectivity index (χ3v) is 4.17. The minimum Gasteiger partial charge on any atom is -0.315 e. The van der Waals surface area contributed by atoms with E-state index < -0.39 is 0 Å². The Balaban J connectivity index is 1.60. The topological polar surface area (TPSA) is 46.9 Å². The number of rotatable bonds is 5. The highest BCUT2D eigenvalue weighted by molar-refractivity contribution is 5.80. The number of hydrogen-bond acceptors (Lipinski definition) is 3. The lowest BCUT2D eigenvalue weighted by Crippen LogP contribution is -2.30. The average molecular weight is 271 g/mol. The number of nitrogens with zero attached hydrogens (tertiary/aromatic N) is 2. The molecule has 1 N–H and O–H groups in total. The molecule has 1 aromatic heterocycles. The summed E-state index contributed by atoms with van der Waals surface area (Å²) in [7, 11) is 0. The molecule has 4 heteroatoms. The molecule has 0 aliphatic heterocycles. The highest BCUT2D eigenvalue weighted by Crippen LogP contribution is 2.23. The summed E-state index contributed by atoms with van der Waals surface area (Å²) in [5.41, 5.74) is 0.00534. The van der Waals surface area contributed by atoms with Crippen molar-refractivity contribution in [3.05, 3.63) is 40.8 Å². The molecule has 0 amide bonds. The number of hydrogen-bond donors (Lipinski definition) is 1. The van der Waals surface area contributed by atoms with Crippen LogP contribution in [-0.2, 0) is 6.54 Å². The molecule has 20 heavy (non-hydrogen) atoms. The zero-order valence-electron chi connectivity index (χ0n) is 11.7. The van der Waals surface area contributed by atoms with Gasteiger partial charge in [0, 0.05) is 11.9 Å². The van der Waals surface area contributed by atoms with Crippen molar-refractivity contribution in [1.29, 1.82) is 0 Å². The second-order valence-corrected chi connectivity index (χ2v) is 5.61. The Labute approximate surface area is 118 Å². The van der Waals surface area contributed by atoms with Crippen LogP contribution in [0.5, 0.6) is 0 Å². The van der Waals surface area contributed by atoms with Crippen molar-refractivity contribution in [3.63, 3.8) is 0 Å². The lowest BCUT2D eigenvalue weighted by Gasteiger charge is -2.11. The highest BCUT2D eigenvalue weighted by Gasteiger charge is 2.13. The molecule has 0 atom stereocenters. The predicted octanol–water partition coefficient (Wildman–Crippen LogP) is 2.18. The first-order chi connectivity index (χ1) is 9.84. The zero-order valence-corrected chi connectivity index (χ0v) is 11.7. The average Bonchev–Trinajstić information content (AvgIpc) is 2.99. The molecule has 4 nitrogen and oxygen atoms in total. The first kappa shape index (κ1) is 13.3. The van der Waals surface area contributed by atoms with Gasteiger partial charge >= 0.3 is 0 Å².